The van der Waals surface area contributed by atoms with Crippen LogP contribution in [0.15, 0.2) is 0 Å². The fourth-order valence-corrected chi connectivity index (χ4v) is 0.655. The fourth-order valence-electron chi connectivity index (χ4n) is 0.655. The molecule has 0 unspecified atom stereocenters. The van der Waals surface area contributed by atoms with Crippen LogP contribution in [0.25, 0.3) is 0 Å². The third-order valence-corrected chi connectivity index (χ3v) is 1.23. The van der Waals surface area contributed by atoms with Crippen LogP contribution in [0.4, 0.5) is 0 Å². The van der Waals surface area contributed by atoms with Crippen molar-refractivity contribution in [3.05, 3.63) is 0 Å². The zero-order chi connectivity index (χ0) is 9.61. The van der Waals surface area contributed by atoms with Crippen molar-refractivity contribution >= 4 is 0 Å². The Kier molecular flexibility index (Phi) is 5.46. The maximum atomic E-state index is 8.52. The SMILES string of the molecule is CC(C)(C)O.CN1CCOCC1. The molecule has 3 nitrogen and oxygen atoms in total. The van der Waals surface area contributed by atoms with Gasteiger partial charge >= 0.3 is 0 Å². The van der Waals surface area contributed by atoms with Crippen molar-refractivity contribution in [1.29, 1.82) is 0 Å². The molecule has 1 aliphatic heterocycles. The topological polar surface area (TPSA) is 32.7 Å². The van der Waals surface area contributed by atoms with E-state index in [2.05, 4.69) is 11.9 Å². The normalized spacial score (nSPS) is 19.8. The Labute approximate surface area is 75.3 Å². The van der Waals surface area contributed by atoms with Gasteiger partial charge < -0.3 is 14.7 Å². The van der Waals surface area contributed by atoms with Crippen molar-refractivity contribution in [1.82, 2.24) is 4.90 Å². The summed E-state index contributed by atoms with van der Waals surface area (Å²) in [7, 11) is 2.11. The molecule has 3 heteroatoms. The second kappa shape index (κ2) is 5.51. The minimum absolute atomic E-state index is 0.500. The summed E-state index contributed by atoms with van der Waals surface area (Å²) in [5, 5.41) is 8.52. The van der Waals surface area contributed by atoms with Gasteiger partial charge in [-0.1, -0.05) is 0 Å². The Bertz CT molecular complexity index is 97.6. The van der Waals surface area contributed by atoms with E-state index in [9.17, 15) is 0 Å². The molecule has 0 aromatic rings. The number of hydrogen-bond acceptors (Lipinski definition) is 3. The molecule has 0 bridgehead atoms. The lowest BCUT2D eigenvalue weighted by molar-refractivity contribution is 0.0503. The van der Waals surface area contributed by atoms with Gasteiger partial charge in [0, 0.05) is 13.1 Å². The van der Waals surface area contributed by atoms with Crippen LogP contribution in [0.3, 0.4) is 0 Å². The van der Waals surface area contributed by atoms with E-state index < -0.39 is 5.60 Å². The van der Waals surface area contributed by atoms with Crippen LogP contribution < -0.4 is 0 Å². The van der Waals surface area contributed by atoms with E-state index in [0.717, 1.165) is 26.3 Å². The van der Waals surface area contributed by atoms with Gasteiger partial charge in [-0.2, -0.15) is 0 Å². The Morgan fingerprint density at radius 3 is 1.67 bits per heavy atom. The molecule has 0 spiro atoms. The standard InChI is InChI=1S/C5H11NO.C4H10O/c1-6-2-4-7-5-3-6;1-4(2,3)5/h2-5H2,1H3;5H,1-3H3. The highest BCUT2D eigenvalue weighted by molar-refractivity contribution is 4.53. The zero-order valence-electron chi connectivity index (χ0n) is 8.63. The summed E-state index contributed by atoms with van der Waals surface area (Å²) in [4.78, 5) is 2.27. The number of ether oxygens (including phenoxy) is 1. The van der Waals surface area contributed by atoms with E-state index >= 15 is 0 Å². The number of nitrogens with zero attached hydrogens (tertiary/aromatic N) is 1. The Balaban J connectivity index is 0.000000217. The third kappa shape index (κ3) is 12.5. The zero-order valence-corrected chi connectivity index (χ0v) is 8.63. The predicted octanol–water partition coefficient (Wildman–Crippen LogP) is 0.726. The first-order valence-electron chi connectivity index (χ1n) is 4.38. The van der Waals surface area contributed by atoms with Crippen LogP contribution >= 0.6 is 0 Å². The monoisotopic (exact) mass is 175 g/mol. The molecule has 74 valence electrons. The summed E-state index contributed by atoms with van der Waals surface area (Å²) >= 11 is 0. The lowest BCUT2D eigenvalue weighted by Gasteiger charge is -2.21. The molecule has 1 saturated heterocycles. The number of rotatable bonds is 0. The van der Waals surface area contributed by atoms with Crippen molar-refractivity contribution in [3.63, 3.8) is 0 Å². The van der Waals surface area contributed by atoms with E-state index in [4.69, 9.17) is 9.84 Å². The van der Waals surface area contributed by atoms with Crippen LogP contribution in [-0.2, 0) is 4.74 Å². The molecule has 0 saturated carbocycles. The van der Waals surface area contributed by atoms with Gasteiger partial charge in [0.1, 0.15) is 0 Å². The lowest BCUT2D eigenvalue weighted by Crippen LogP contribution is -2.32. The smallest absolute Gasteiger partial charge is 0.0594 e. The number of morpholine rings is 1. The summed E-state index contributed by atoms with van der Waals surface area (Å²) in [5.41, 5.74) is -0.500. The highest BCUT2D eigenvalue weighted by atomic mass is 16.5. The minimum atomic E-state index is -0.500. The van der Waals surface area contributed by atoms with Crippen LogP contribution in [-0.4, -0.2) is 49.0 Å². The second-order valence-electron chi connectivity index (χ2n) is 4.09. The molecular weight excluding hydrogens is 154 g/mol. The Morgan fingerprint density at radius 1 is 1.17 bits per heavy atom. The average Bonchev–Trinajstić information content (AvgIpc) is 1.85. The largest absolute Gasteiger partial charge is 0.391 e. The van der Waals surface area contributed by atoms with Gasteiger partial charge in [-0.05, 0) is 27.8 Å². The van der Waals surface area contributed by atoms with E-state index in [0.29, 0.717) is 0 Å². The van der Waals surface area contributed by atoms with E-state index in [1.807, 2.05) is 0 Å². The molecule has 1 aliphatic rings. The predicted molar refractivity (Wildman–Crippen MR) is 50.3 cm³/mol. The molecule has 1 fully saturated rings. The van der Waals surface area contributed by atoms with Crippen molar-refractivity contribution in [2.45, 2.75) is 26.4 Å². The van der Waals surface area contributed by atoms with Crippen LogP contribution in [0.1, 0.15) is 20.8 Å². The Morgan fingerprint density at radius 2 is 1.50 bits per heavy atom. The maximum absolute atomic E-state index is 8.52. The fraction of sp³-hybridized carbons (Fsp3) is 1.00. The van der Waals surface area contributed by atoms with Crippen molar-refractivity contribution < 1.29 is 9.84 Å². The Hall–Kier alpha value is -0.120. The third-order valence-electron chi connectivity index (χ3n) is 1.23. The first-order valence-corrected chi connectivity index (χ1v) is 4.38. The molecule has 0 aromatic carbocycles. The molecule has 1 N–H and O–H groups in total. The molecule has 0 aliphatic carbocycles. The summed E-state index contributed by atoms with van der Waals surface area (Å²) in [5.74, 6) is 0. The van der Waals surface area contributed by atoms with E-state index in [1.165, 1.54) is 0 Å². The number of hydrogen-bond donors (Lipinski definition) is 1. The van der Waals surface area contributed by atoms with Crippen molar-refractivity contribution in [2.75, 3.05) is 33.4 Å². The van der Waals surface area contributed by atoms with Gasteiger partial charge in [0.05, 0.1) is 18.8 Å². The minimum Gasteiger partial charge on any atom is -0.391 e. The van der Waals surface area contributed by atoms with E-state index in [-0.39, 0.29) is 0 Å². The van der Waals surface area contributed by atoms with Crippen molar-refractivity contribution in [2.24, 2.45) is 0 Å². The molecule has 0 amide bonds. The van der Waals surface area contributed by atoms with Crippen LogP contribution in [0.2, 0.25) is 0 Å². The summed E-state index contributed by atoms with van der Waals surface area (Å²) in [6.45, 7) is 9.25. The van der Waals surface area contributed by atoms with Crippen LogP contribution in [0, 0.1) is 0 Å². The van der Waals surface area contributed by atoms with E-state index in [1.54, 1.807) is 20.8 Å². The van der Waals surface area contributed by atoms with Gasteiger partial charge in [0.15, 0.2) is 0 Å². The first-order chi connectivity index (χ1) is 5.39. The quantitative estimate of drug-likeness (QED) is 0.589. The average molecular weight is 175 g/mol. The highest BCUT2D eigenvalue weighted by Gasteiger charge is 2.02. The maximum Gasteiger partial charge on any atom is 0.0594 e. The lowest BCUT2D eigenvalue weighted by atomic mass is 10.2. The molecular formula is C9H21NO2. The van der Waals surface area contributed by atoms with Gasteiger partial charge in [0.25, 0.3) is 0 Å². The van der Waals surface area contributed by atoms with Crippen LogP contribution in [0.5, 0.6) is 0 Å². The molecule has 0 atom stereocenters. The first kappa shape index (κ1) is 11.9. The second-order valence-corrected chi connectivity index (χ2v) is 4.09. The number of aliphatic hydroxyl groups is 1. The molecule has 1 heterocycles. The van der Waals surface area contributed by atoms with Gasteiger partial charge in [-0.25, -0.2) is 0 Å². The molecule has 1 rings (SSSR count). The number of likely N-dealkylation sites (N-methyl/N-ethyl adjacent to an activating group) is 1. The van der Waals surface area contributed by atoms with Crippen molar-refractivity contribution in [3.8, 4) is 0 Å². The van der Waals surface area contributed by atoms with Gasteiger partial charge in [0.2, 0.25) is 0 Å². The summed E-state index contributed by atoms with van der Waals surface area (Å²) < 4.78 is 5.10. The highest BCUT2D eigenvalue weighted by Crippen LogP contribution is 1.93. The molecule has 0 radical (unpaired) electrons. The van der Waals surface area contributed by atoms with Gasteiger partial charge in [-0.15, -0.1) is 0 Å². The molecule has 12 heavy (non-hydrogen) atoms. The van der Waals surface area contributed by atoms with Gasteiger partial charge in [-0.3, -0.25) is 0 Å². The molecule has 0 aromatic heterocycles. The summed E-state index contributed by atoms with van der Waals surface area (Å²) in [6.07, 6.45) is 0. The summed E-state index contributed by atoms with van der Waals surface area (Å²) in [6, 6.07) is 0.